The fraction of sp³-hybridized carbons (Fsp3) is 0.368. The predicted molar refractivity (Wildman–Crippen MR) is 88.0 cm³/mol. The molecule has 21 heavy (non-hydrogen) atoms. The first-order valence-corrected chi connectivity index (χ1v) is 7.89. The van der Waals surface area contributed by atoms with E-state index >= 15 is 0 Å². The zero-order valence-electron chi connectivity index (χ0n) is 12.6. The summed E-state index contributed by atoms with van der Waals surface area (Å²) in [6.07, 6.45) is 5.24. The lowest BCUT2D eigenvalue weighted by molar-refractivity contribution is 0.358. The summed E-state index contributed by atoms with van der Waals surface area (Å²) in [6.45, 7) is 2.35. The van der Waals surface area contributed by atoms with Crippen molar-refractivity contribution in [2.45, 2.75) is 38.6 Å². The third-order valence-electron chi connectivity index (χ3n) is 4.12. The number of benzene rings is 2. The zero-order chi connectivity index (χ0) is 14.5. The van der Waals surface area contributed by atoms with Gasteiger partial charge >= 0.3 is 0 Å². The van der Waals surface area contributed by atoms with Crippen molar-refractivity contribution in [3.8, 4) is 11.5 Å². The molecule has 1 saturated carbocycles. The molecule has 2 unspecified atom stereocenters. The van der Waals surface area contributed by atoms with Gasteiger partial charge in [0.25, 0.3) is 0 Å². The number of ether oxygens (including phenoxy) is 1. The lowest BCUT2D eigenvalue weighted by Gasteiger charge is -2.28. The van der Waals surface area contributed by atoms with Crippen LogP contribution >= 0.6 is 0 Å². The van der Waals surface area contributed by atoms with Crippen LogP contribution in [-0.2, 0) is 0 Å². The molecule has 2 heteroatoms. The maximum atomic E-state index is 5.89. The number of hydrogen-bond donors (Lipinski definition) is 1. The summed E-state index contributed by atoms with van der Waals surface area (Å²) in [5.74, 6) is 2.59. The Kier molecular flexibility index (Phi) is 4.44. The van der Waals surface area contributed by atoms with Gasteiger partial charge in [-0.15, -0.1) is 0 Å². The van der Waals surface area contributed by atoms with Crippen LogP contribution in [0.4, 0.5) is 5.69 Å². The molecule has 110 valence electrons. The Bertz CT molecular complexity index is 567. The Morgan fingerprint density at radius 2 is 1.76 bits per heavy atom. The summed E-state index contributed by atoms with van der Waals surface area (Å²) in [6, 6.07) is 18.8. The van der Waals surface area contributed by atoms with Crippen molar-refractivity contribution in [3.05, 3.63) is 54.6 Å². The number of para-hydroxylation sites is 1. The van der Waals surface area contributed by atoms with Gasteiger partial charge in [0.05, 0.1) is 0 Å². The summed E-state index contributed by atoms with van der Waals surface area (Å²) in [7, 11) is 0. The monoisotopic (exact) mass is 281 g/mol. The second-order valence-electron chi connectivity index (χ2n) is 6.06. The molecular weight excluding hydrogens is 258 g/mol. The third kappa shape index (κ3) is 4.01. The van der Waals surface area contributed by atoms with E-state index < -0.39 is 0 Å². The standard InChI is InChI=1S/C19H23NO/c1-15-7-5-8-16(13-15)20-17-9-6-12-19(14-17)21-18-10-3-2-4-11-18/h2-4,6,9-12,14-16,20H,5,7-8,13H2,1H3. The van der Waals surface area contributed by atoms with Crippen molar-refractivity contribution in [1.29, 1.82) is 0 Å². The highest BCUT2D eigenvalue weighted by molar-refractivity contribution is 5.49. The second-order valence-corrected chi connectivity index (χ2v) is 6.06. The Labute approximate surface area is 127 Å². The van der Waals surface area contributed by atoms with E-state index in [0.29, 0.717) is 6.04 Å². The van der Waals surface area contributed by atoms with Crippen LogP contribution in [0.2, 0.25) is 0 Å². The van der Waals surface area contributed by atoms with Gasteiger partial charge in [-0.05, 0) is 43.0 Å². The first kappa shape index (κ1) is 14.0. The van der Waals surface area contributed by atoms with Gasteiger partial charge in [-0.3, -0.25) is 0 Å². The van der Waals surface area contributed by atoms with Crippen LogP contribution in [0.15, 0.2) is 54.6 Å². The highest BCUT2D eigenvalue weighted by Crippen LogP contribution is 2.28. The largest absolute Gasteiger partial charge is 0.457 e. The SMILES string of the molecule is CC1CCCC(Nc2cccc(Oc3ccccc3)c2)C1. The maximum Gasteiger partial charge on any atom is 0.129 e. The van der Waals surface area contributed by atoms with E-state index in [2.05, 4.69) is 24.4 Å². The molecule has 0 saturated heterocycles. The minimum Gasteiger partial charge on any atom is -0.457 e. The van der Waals surface area contributed by atoms with E-state index in [9.17, 15) is 0 Å². The van der Waals surface area contributed by atoms with Crippen LogP contribution in [0.3, 0.4) is 0 Å². The van der Waals surface area contributed by atoms with Crippen LogP contribution in [-0.4, -0.2) is 6.04 Å². The van der Waals surface area contributed by atoms with E-state index in [0.717, 1.165) is 23.1 Å². The molecule has 1 aliphatic rings. The van der Waals surface area contributed by atoms with E-state index in [1.54, 1.807) is 0 Å². The molecule has 0 amide bonds. The molecule has 1 fully saturated rings. The van der Waals surface area contributed by atoms with Crippen molar-refractivity contribution in [2.24, 2.45) is 5.92 Å². The summed E-state index contributed by atoms with van der Waals surface area (Å²) < 4.78 is 5.89. The fourth-order valence-electron chi connectivity index (χ4n) is 3.07. The van der Waals surface area contributed by atoms with Crippen molar-refractivity contribution < 1.29 is 4.74 Å². The summed E-state index contributed by atoms with van der Waals surface area (Å²) in [5, 5.41) is 3.66. The molecule has 0 spiro atoms. The molecule has 0 heterocycles. The number of hydrogen-bond acceptors (Lipinski definition) is 2. The van der Waals surface area contributed by atoms with Gasteiger partial charge in [0, 0.05) is 17.8 Å². The molecule has 0 aromatic heterocycles. The first-order chi connectivity index (χ1) is 10.3. The number of nitrogens with one attached hydrogen (secondary N) is 1. The quantitative estimate of drug-likeness (QED) is 0.802. The molecular formula is C19H23NO. The van der Waals surface area contributed by atoms with Crippen LogP contribution in [0.1, 0.15) is 32.6 Å². The van der Waals surface area contributed by atoms with Gasteiger partial charge < -0.3 is 10.1 Å². The van der Waals surface area contributed by atoms with Crippen molar-refractivity contribution >= 4 is 5.69 Å². The molecule has 2 atom stereocenters. The highest BCUT2D eigenvalue weighted by Gasteiger charge is 2.18. The van der Waals surface area contributed by atoms with Gasteiger partial charge in [0.15, 0.2) is 0 Å². The van der Waals surface area contributed by atoms with E-state index in [-0.39, 0.29) is 0 Å². The Hall–Kier alpha value is -1.96. The molecule has 2 aromatic carbocycles. The van der Waals surface area contributed by atoms with Crippen molar-refractivity contribution in [1.82, 2.24) is 0 Å². The minimum atomic E-state index is 0.598. The Balaban J connectivity index is 1.65. The molecule has 2 aromatic rings. The van der Waals surface area contributed by atoms with Crippen LogP contribution < -0.4 is 10.1 Å². The summed E-state index contributed by atoms with van der Waals surface area (Å²) in [4.78, 5) is 0. The third-order valence-corrected chi connectivity index (χ3v) is 4.12. The summed E-state index contributed by atoms with van der Waals surface area (Å²) in [5.41, 5.74) is 1.16. The van der Waals surface area contributed by atoms with Crippen LogP contribution in [0.5, 0.6) is 11.5 Å². The predicted octanol–water partition coefficient (Wildman–Crippen LogP) is 5.47. The maximum absolute atomic E-state index is 5.89. The molecule has 0 bridgehead atoms. The normalized spacial score (nSPS) is 21.8. The van der Waals surface area contributed by atoms with Crippen molar-refractivity contribution in [2.75, 3.05) is 5.32 Å². The lowest BCUT2D eigenvalue weighted by atomic mass is 9.87. The summed E-state index contributed by atoms with van der Waals surface area (Å²) >= 11 is 0. The second kappa shape index (κ2) is 6.66. The van der Waals surface area contributed by atoms with Gasteiger partial charge in [0.1, 0.15) is 11.5 Å². The fourth-order valence-corrected chi connectivity index (χ4v) is 3.07. The van der Waals surface area contributed by atoms with E-state index in [4.69, 9.17) is 4.74 Å². The molecule has 3 rings (SSSR count). The zero-order valence-corrected chi connectivity index (χ0v) is 12.6. The molecule has 0 aliphatic heterocycles. The average molecular weight is 281 g/mol. The van der Waals surface area contributed by atoms with Gasteiger partial charge in [-0.1, -0.05) is 44.0 Å². The Morgan fingerprint density at radius 1 is 0.952 bits per heavy atom. The van der Waals surface area contributed by atoms with Gasteiger partial charge in [-0.2, -0.15) is 0 Å². The highest BCUT2D eigenvalue weighted by atomic mass is 16.5. The lowest BCUT2D eigenvalue weighted by Crippen LogP contribution is -2.26. The van der Waals surface area contributed by atoms with Crippen LogP contribution in [0.25, 0.3) is 0 Å². The first-order valence-electron chi connectivity index (χ1n) is 7.89. The molecule has 2 nitrogen and oxygen atoms in total. The van der Waals surface area contributed by atoms with E-state index in [1.807, 2.05) is 42.5 Å². The smallest absolute Gasteiger partial charge is 0.129 e. The Morgan fingerprint density at radius 3 is 2.57 bits per heavy atom. The van der Waals surface area contributed by atoms with Crippen molar-refractivity contribution in [3.63, 3.8) is 0 Å². The van der Waals surface area contributed by atoms with Crippen LogP contribution in [0, 0.1) is 5.92 Å². The number of rotatable bonds is 4. The van der Waals surface area contributed by atoms with Gasteiger partial charge in [-0.25, -0.2) is 0 Å². The molecule has 1 N–H and O–H groups in total. The number of anilines is 1. The average Bonchev–Trinajstić information content (AvgIpc) is 2.49. The topological polar surface area (TPSA) is 21.3 Å². The molecule has 0 radical (unpaired) electrons. The van der Waals surface area contributed by atoms with E-state index in [1.165, 1.54) is 25.7 Å². The van der Waals surface area contributed by atoms with Gasteiger partial charge in [0.2, 0.25) is 0 Å². The molecule has 1 aliphatic carbocycles. The minimum absolute atomic E-state index is 0.598.